The molecule has 1 amide bonds. The topological polar surface area (TPSA) is 40.4 Å². The van der Waals surface area contributed by atoms with Crippen molar-refractivity contribution in [2.24, 2.45) is 5.92 Å². The van der Waals surface area contributed by atoms with Crippen LogP contribution in [0.15, 0.2) is 30.3 Å². The normalized spacial score (nSPS) is 14.9. The largest absolute Gasteiger partial charge is 0.443 e. The lowest BCUT2D eigenvalue weighted by Crippen LogP contribution is -2.19. The number of nitrogens with zero attached hydrogens (tertiary/aromatic N) is 1. The Kier molecular flexibility index (Phi) is 5.06. The van der Waals surface area contributed by atoms with Crippen LogP contribution in [0.1, 0.15) is 37.7 Å². The second-order valence-corrected chi connectivity index (χ2v) is 4.86. The molecule has 0 heterocycles. The molecule has 1 aromatic carbocycles. The van der Waals surface area contributed by atoms with Gasteiger partial charge >= 0.3 is 6.09 Å². The zero-order valence-corrected chi connectivity index (χ0v) is 10.7. The lowest BCUT2D eigenvalue weighted by atomic mass is 9.82. The molecule has 0 N–H and O–H groups in total. The van der Waals surface area contributed by atoms with E-state index >= 15 is 0 Å². The maximum atomic E-state index is 11.4. The van der Waals surface area contributed by atoms with Crippen molar-refractivity contribution in [1.29, 1.82) is 0 Å². The van der Waals surface area contributed by atoms with Crippen molar-refractivity contribution in [2.45, 2.75) is 38.7 Å². The molecular formula is C15H20NO2. The van der Waals surface area contributed by atoms with Gasteiger partial charge in [-0.3, -0.25) is 0 Å². The van der Waals surface area contributed by atoms with Crippen molar-refractivity contribution >= 4 is 6.09 Å². The summed E-state index contributed by atoms with van der Waals surface area (Å²) in [5, 5.41) is 3.91. The molecule has 0 bridgehead atoms. The van der Waals surface area contributed by atoms with Crippen LogP contribution in [0.4, 0.5) is 4.79 Å². The van der Waals surface area contributed by atoms with E-state index in [1.807, 2.05) is 30.3 Å². The maximum absolute atomic E-state index is 11.4. The summed E-state index contributed by atoms with van der Waals surface area (Å²) in [6, 6.07) is 9.67. The molecular weight excluding hydrogens is 226 g/mol. The number of hydrogen-bond acceptors (Lipinski definition) is 2. The summed E-state index contributed by atoms with van der Waals surface area (Å²) >= 11 is 0. The third-order valence-corrected chi connectivity index (χ3v) is 3.44. The number of rotatable bonds is 6. The van der Waals surface area contributed by atoms with Gasteiger partial charge in [-0.15, -0.1) is 0 Å². The van der Waals surface area contributed by atoms with Crippen LogP contribution in [0.5, 0.6) is 0 Å². The van der Waals surface area contributed by atoms with E-state index in [0.29, 0.717) is 13.2 Å². The van der Waals surface area contributed by atoms with E-state index in [2.05, 4.69) is 5.32 Å². The average Bonchev–Trinajstić information content (AvgIpc) is 2.35. The van der Waals surface area contributed by atoms with E-state index in [1.54, 1.807) is 0 Å². The predicted octanol–water partition coefficient (Wildman–Crippen LogP) is 3.51. The van der Waals surface area contributed by atoms with Crippen LogP contribution in [-0.4, -0.2) is 12.6 Å². The Balaban J connectivity index is 1.52. The minimum Gasteiger partial charge on any atom is -0.443 e. The molecule has 1 fully saturated rings. The molecule has 0 aliphatic heterocycles. The van der Waals surface area contributed by atoms with E-state index in [0.717, 1.165) is 17.9 Å². The fourth-order valence-electron chi connectivity index (χ4n) is 2.10. The van der Waals surface area contributed by atoms with Gasteiger partial charge in [0.15, 0.2) is 0 Å². The summed E-state index contributed by atoms with van der Waals surface area (Å²) < 4.78 is 5.07. The Bertz CT molecular complexity index is 360. The average molecular weight is 246 g/mol. The highest BCUT2D eigenvalue weighted by Gasteiger charge is 2.16. The lowest BCUT2D eigenvalue weighted by molar-refractivity contribution is 0.138. The molecule has 2 rings (SSSR count). The molecule has 3 nitrogen and oxygen atoms in total. The quantitative estimate of drug-likeness (QED) is 0.721. The Morgan fingerprint density at radius 3 is 2.72 bits per heavy atom. The van der Waals surface area contributed by atoms with Gasteiger partial charge in [0.25, 0.3) is 0 Å². The van der Waals surface area contributed by atoms with Crippen molar-refractivity contribution in [2.75, 3.05) is 6.54 Å². The molecule has 97 valence electrons. The molecule has 1 radical (unpaired) electrons. The number of carbonyl (C=O) groups excluding carboxylic acids is 1. The first-order chi connectivity index (χ1) is 8.84. The van der Waals surface area contributed by atoms with E-state index < -0.39 is 6.09 Å². The van der Waals surface area contributed by atoms with Crippen LogP contribution in [0.25, 0.3) is 0 Å². The fraction of sp³-hybridized carbons (Fsp3) is 0.533. The summed E-state index contributed by atoms with van der Waals surface area (Å²) in [5.41, 5.74) is 0.996. The van der Waals surface area contributed by atoms with E-state index in [-0.39, 0.29) is 0 Å². The fourth-order valence-corrected chi connectivity index (χ4v) is 2.10. The zero-order valence-electron chi connectivity index (χ0n) is 10.7. The number of amides is 1. The van der Waals surface area contributed by atoms with Crippen molar-refractivity contribution in [3.63, 3.8) is 0 Å². The monoisotopic (exact) mass is 246 g/mol. The molecule has 1 aromatic rings. The molecule has 0 spiro atoms. The minimum atomic E-state index is -0.438. The van der Waals surface area contributed by atoms with Crippen LogP contribution >= 0.6 is 0 Å². The van der Waals surface area contributed by atoms with Crippen LogP contribution in [0.2, 0.25) is 0 Å². The molecule has 18 heavy (non-hydrogen) atoms. The van der Waals surface area contributed by atoms with Crippen LogP contribution in [0, 0.1) is 5.92 Å². The first-order valence-electron chi connectivity index (χ1n) is 6.73. The highest BCUT2D eigenvalue weighted by Crippen LogP contribution is 2.30. The number of ether oxygens (including phenoxy) is 1. The second-order valence-electron chi connectivity index (χ2n) is 4.86. The Labute approximate surface area is 109 Å². The van der Waals surface area contributed by atoms with Gasteiger partial charge in [-0.1, -0.05) is 49.6 Å². The highest BCUT2D eigenvalue weighted by atomic mass is 16.5. The number of carbonyl (C=O) groups is 1. The van der Waals surface area contributed by atoms with Crippen LogP contribution in [-0.2, 0) is 11.3 Å². The van der Waals surface area contributed by atoms with Crippen molar-refractivity contribution in [3.05, 3.63) is 35.9 Å². The van der Waals surface area contributed by atoms with Crippen LogP contribution < -0.4 is 5.32 Å². The molecule has 0 saturated heterocycles. The van der Waals surface area contributed by atoms with Gasteiger partial charge in [0.2, 0.25) is 0 Å². The Morgan fingerprint density at radius 2 is 2.06 bits per heavy atom. The summed E-state index contributed by atoms with van der Waals surface area (Å²) in [7, 11) is 0. The highest BCUT2D eigenvalue weighted by molar-refractivity contribution is 5.66. The van der Waals surface area contributed by atoms with Gasteiger partial charge in [0.1, 0.15) is 6.61 Å². The third kappa shape index (κ3) is 4.40. The molecule has 0 atom stereocenters. The first kappa shape index (κ1) is 12.9. The summed E-state index contributed by atoms with van der Waals surface area (Å²) in [5.74, 6) is 0.889. The SMILES string of the molecule is O=C([N]CCCC1CCC1)OCc1ccccc1. The Morgan fingerprint density at radius 1 is 1.28 bits per heavy atom. The Hall–Kier alpha value is -1.51. The van der Waals surface area contributed by atoms with Gasteiger partial charge in [0, 0.05) is 6.54 Å². The second kappa shape index (κ2) is 7.04. The lowest BCUT2D eigenvalue weighted by Gasteiger charge is -2.24. The number of benzene rings is 1. The molecule has 3 heteroatoms. The minimum absolute atomic E-state index is 0.311. The van der Waals surface area contributed by atoms with E-state index in [4.69, 9.17) is 4.74 Å². The standard InChI is InChI=1S/C15H20NO2/c17-15(16-11-5-10-13-8-4-9-13)18-12-14-6-2-1-3-7-14/h1-3,6-7,13H,4-5,8-12H2. The van der Waals surface area contributed by atoms with Crippen molar-refractivity contribution in [1.82, 2.24) is 5.32 Å². The van der Waals surface area contributed by atoms with Gasteiger partial charge in [-0.25, -0.2) is 10.1 Å². The van der Waals surface area contributed by atoms with E-state index in [1.165, 1.54) is 25.7 Å². The smallest absolute Gasteiger partial charge is 0.429 e. The summed E-state index contributed by atoms with van der Waals surface area (Å²) in [6.45, 7) is 0.913. The van der Waals surface area contributed by atoms with Crippen LogP contribution in [0.3, 0.4) is 0 Å². The number of hydrogen-bond donors (Lipinski definition) is 0. The van der Waals surface area contributed by atoms with Crippen molar-refractivity contribution < 1.29 is 9.53 Å². The zero-order chi connectivity index (χ0) is 12.6. The predicted molar refractivity (Wildman–Crippen MR) is 70.2 cm³/mol. The molecule has 0 aromatic heterocycles. The van der Waals surface area contributed by atoms with Gasteiger partial charge in [-0.05, 0) is 24.3 Å². The molecule has 1 aliphatic rings. The van der Waals surface area contributed by atoms with Gasteiger partial charge < -0.3 is 4.74 Å². The maximum Gasteiger partial charge on any atom is 0.429 e. The molecule has 0 unspecified atom stereocenters. The van der Waals surface area contributed by atoms with Gasteiger partial charge in [0.05, 0.1) is 0 Å². The third-order valence-electron chi connectivity index (χ3n) is 3.44. The van der Waals surface area contributed by atoms with Crippen molar-refractivity contribution in [3.8, 4) is 0 Å². The molecule has 1 aliphatic carbocycles. The summed E-state index contributed by atoms with van der Waals surface area (Å²) in [4.78, 5) is 11.4. The van der Waals surface area contributed by atoms with E-state index in [9.17, 15) is 4.79 Å². The summed E-state index contributed by atoms with van der Waals surface area (Å²) in [6.07, 6.45) is 5.87. The first-order valence-corrected chi connectivity index (χ1v) is 6.73. The van der Waals surface area contributed by atoms with Gasteiger partial charge in [-0.2, -0.15) is 0 Å². The molecule has 1 saturated carbocycles.